The lowest BCUT2D eigenvalue weighted by molar-refractivity contribution is -0.155. The van der Waals surface area contributed by atoms with Gasteiger partial charge in [0.05, 0.1) is 0 Å². The van der Waals surface area contributed by atoms with Gasteiger partial charge < -0.3 is 14.9 Å². The monoisotopic (exact) mass is 274 g/mol. The molecule has 1 aromatic heterocycles. The van der Waals surface area contributed by atoms with E-state index in [9.17, 15) is 23.9 Å². The number of rotatable bonds is 2. The molecule has 0 amide bonds. The van der Waals surface area contributed by atoms with Crippen molar-refractivity contribution in [1.29, 1.82) is 0 Å². The summed E-state index contributed by atoms with van der Waals surface area (Å²) in [7, 11) is 0. The third-order valence-corrected chi connectivity index (χ3v) is 2.86. The molecule has 0 bridgehead atoms. The minimum atomic E-state index is -2.09. The third-order valence-electron chi connectivity index (χ3n) is 2.86. The molecular formula is C10H11FN2O6. The van der Waals surface area contributed by atoms with Crippen LogP contribution in [0.15, 0.2) is 15.8 Å². The van der Waals surface area contributed by atoms with Crippen LogP contribution in [-0.4, -0.2) is 44.1 Å². The number of aryl methyl sites for hydroxylation is 1. The van der Waals surface area contributed by atoms with Gasteiger partial charge in [-0.2, -0.15) is 0 Å². The number of ether oxygens (including phenoxy) is 1. The van der Waals surface area contributed by atoms with Crippen molar-refractivity contribution in [2.24, 2.45) is 0 Å². The molecule has 1 aliphatic rings. The van der Waals surface area contributed by atoms with Gasteiger partial charge in [0.25, 0.3) is 5.56 Å². The highest BCUT2D eigenvalue weighted by Crippen LogP contribution is 2.30. The Hall–Kier alpha value is -2.00. The maximum Gasteiger partial charge on any atom is 0.335 e. The third kappa shape index (κ3) is 2.17. The SMILES string of the molecule is Cc1cn([C@@H]2O[C@H](C(=O)O)[C@H](O)[C@H]2F)c(=O)[nH]c1=O. The molecular weight excluding hydrogens is 263 g/mol. The maximum absolute atomic E-state index is 13.8. The zero-order chi connectivity index (χ0) is 14.3. The summed E-state index contributed by atoms with van der Waals surface area (Å²) >= 11 is 0. The van der Waals surface area contributed by atoms with Gasteiger partial charge >= 0.3 is 11.7 Å². The fraction of sp³-hybridized carbons (Fsp3) is 0.500. The van der Waals surface area contributed by atoms with Crippen molar-refractivity contribution in [3.05, 3.63) is 32.6 Å². The van der Waals surface area contributed by atoms with Gasteiger partial charge in [0.15, 0.2) is 18.5 Å². The first kappa shape index (κ1) is 13.4. The van der Waals surface area contributed by atoms with Crippen LogP contribution >= 0.6 is 0 Å². The lowest BCUT2D eigenvalue weighted by Gasteiger charge is -2.15. The van der Waals surface area contributed by atoms with Crippen molar-refractivity contribution >= 4 is 5.97 Å². The molecule has 1 aliphatic heterocycles. The molecule has 2 heterocycles. The molecule has 3 N–H and O–H groups in total. The zero-order valence-electron chi connectivity index (χ0n) is 9.74. The quantitative estimate of drug-likeness (QED) is 0.605. The number of H-pyrrole nitrogens is 1. The number of nitrogens with zero attached hydrogens (tertiary/aromatic N) is 1. The van der Waals surface area contributed by atoms with Crippen LogP contribution < -0.4 is 11.2 Å². The van der Waals surface area contributed by atoms with Gasteiger partial charge in [0.1, 0.15) is 6.10 Å². The van der Waals surface area contributed by atoms with E-state index in [1.807, 2.05) is 4.98 Å². The second kappa shape index (κ2) is 4.59. The van der Waals surface area contributed by atoms with Crippen LogP contribution in [0.25, 0.3) is 0 Å². The Kier molecular flexibility index (Phi) is 3.25. The van der Waals surface area contributed by atoms with Gasteiger partial charge in [0, 0.05) is 11.8 Å². The number of aliphatic carboxylic acids is 1. The first-order valence-electron chi connectivity index (χ1n) is 5.35. The molecule has 0 aliphatic carbocycles. The average molecular weight is 274 g/mol. The molecule has 1 fully saturated rings. The predicted molar refractivity (Wildman–Crippen MR) is 58.5 cm³/mol. The molecule has 9 heteroatoms. The highest BCUT2D eigenvalue weighted by Gasteiger charge is 2.49. The maximum atomic E-state index is 13.8. The Morgan fingerprint density at radius 1 is 1.53 bits per heavy atom. The van der Waals surface area contributed by atoms with Gasteiger partial charge in [-0.1, -0.05) is 0 Å². The number of carboxylic acid groups (broad SMARTS) is 1. The van der Waals surface area contributed by atoms with E-state index in [-0.39, 0.29) is 5.56 Å². The van der Waals surface area contributed by atoms with E-state index in [1.54, 1.807) is 0 Å². The Morgan fingerprint density at radius 2 is 2.16 bits per heavy atom. The summed E-state index contributed by atoms with van der Waals surface area (Å²) < 4.78 is 19.3. The van der Waals surface area contributed by atoms with Crippen LogP contribution in [0.5, 0.6) is 0 Å². The summed E-state index contributed by atoms with van der Waals surface area (Å²) in [4.78, 5) is 35.4. The molecule has 0 spiro atoms. The van der Waals surface area contributed by atoms with Crippen molar-refractivity contribution in [1.82, 2.24) is 9.55 Å². The zero-order valence-corrected chi connectivity index (χ0v) is 9.74. The molecule has 1 aromatic rings. The minimum Gasteiger partial charge on any atom is -0.479 e. The molecule has 4 atom stereocenters. The number of carbonyl (C=O) groups is 1. The predicted octanol–water partition coefficient (Wildman–Crippen LogP) is -1.47. The van der Waals surface area contributed by atoms with Gasteiger partial charge in [0.2, 0.25) is 0 Å². The first-order valence-corrected chi connectivity index (χ1v) is 5.35. The van der Waals surface area contributed by atoms with Crippen molar-refractivity contribution < 1.29 is 24.1 Å². The van der Waals surface area contributed by atoms with Crippen LogP contribution in [0.1, 0.15) is 11.8 Å². The molecule has 0 aromatic carbocycles. The van der Waals surface area contributed by atoms with E-state index in [1.165, 1.54) is 6.92 Å². The summed E-state index contributed by atoms with van der Waals surface area (Å²) in [5, 5.41) is 18.1. The number of nitrogens with one attached hydrogen (secondary N) is 1. The molecule has 0 unspecified atom stereocenters. The van der Waals surface area contributed by atoms with Crippen molar-refractivity contribution in [3.8, 4) is 0 Å². The number of halogens is 1. The summed E-state index contributed by atoms with van der Waals surface area (Å²) in [6, 6.07) is 0. The van der Waals surface area contributed by atoms with Gasteiger partial charge in [-0.25, -0.2) is 14.0 Å². The minimum absolute atomic E-state index is 0.128. The van der Waals surface area contributed by atoms with Crippen LogP contribution in [0.3, 0.4) is 0 Å². The van der Waals surface area contributed by atoms with Crippen LogP contribution in [0.2, 0.25) is 0 Å². The molecule has 1 saturated heterocycles. The molecule has 0 saturated carbocycles. The molecule has 104 valence electrons. The smallest absolute Gasteiger partial charge is 0.335 e. The van der Waals surface area contributed by atoms with Gasteiger partial charge in [-0.3, -0.25) is 14.3 Å². The number of hydrogen-bond acceptors (Lipinski definition) is 5. The Labute approximate surface area is 105 Å². The lowest BCUT2D eigenvalue weighted by Crippen LogP contribution is -2.37. The van der Waals surface area contributed by atoms with E-state index in [0.717, 1.165) is 6.20 Å². The van der Waals surface area contributed by atoms with Crippen molar-refractivity contribution in [3.63, 3.8) is 0 Å². The topological polar surface area (TPSA) is 122 Å². The van der Waals surface area contributed by atoms with Crippen LogP contribution in [0, 0.1) is 6.92 Å². The lowest BCUT2D eigenvalue weighted by atomic mass is 10.1. The second-order valence-corrected chi connectivity index (χ2v) is 4.20. The number of aromatic nitrogens is 2. The molecule has 0 radical (unpaired) electrons. The van der Waals surface area contributed by atoms with Crippen molar-refractivity contribution in [2.45, 2.75) is 31.5 Å². The number of alkyl halides is 1. The molecule has 8 nitrogen and oxygen atoms in total. The largest absolute Gasteiger partial charge is 0.479 e. The van der Waals surface area contributed by atoms with Gasteiger partial charge in [-0.05, 0) is 6.92 Å². The number of aliphatic hydroxyl groups is 1. The van der Waals surface area contributed by atoms with Crippen molar-refractivity contribution in [2.75, 3.05) is 0 Å². The van der Waals surface area contributed by atoms with E-state index < -0.39 is 41.8 Å². The van der Waals surface area contributed by atoms with Crippen LogP contribution in [0.4, 0.5) is 4.39 Å². The summed E-state index contributed by atoms with van der Waals surface area (Å²) in [5.41, 5.74) is -1.45. The average Bonchev–Trinajstić information content (AvgIpc) is 2.62. The van der Waals surface area contributed by atoms with Crippen LogP contribution in [-0.2, 0) is 9.53 Å². The first-order chi connectivity index (χ1) is 8.82. The number of aliphatic hydroxyl groups excluding tert-OH is 1. The molecule has 19 heavy (non-hydrogen) atoms. The number of aromatic amines is 1. The Bertz CT molecular complexity index is 623. The second-order valence-electron chi connectivity index (χ2n) is 4.20. The Morgan fingerprint density at radius 3 is 2.68 bits per heavy atom. The standard InChI is InChI=1S/C10H11FN2O6/c1-3-2-13(10(18)12-7(3)15)8-4(11)5(14)6(19-8)9(16)17/h2,4-6,8,14H,1H3,(H,16,17)(H,12,15,18)/t4-,5-,6+,8-/m1/s1. The number of hydrogen-bond donors (Lipinski definition) is 3. The fourth-order valence-electron chi connectivity index (χ4n) is 1.84. The summed E-state index contributed by atoms with van der Waals surface area (Å²) in [6.45, 7) is 1.39. The van der Waals surface area contributed by atoms with Gasteiger partial charge in [-0.15, -0.1) is 0 Å². The highest BCUT2D eigenvalue weighted by atomic mass is 19.1. The van der Waals surface area contributed by atoms with E-state index >= 15 is 0 Å². The normalized spacial score (nSPS) is 30.5. The summed E-state index contributed by atoms with van der Waals surface area (Å²) in [5.74, 6) is -1.54. The summed E-state index contributed by atoms with van der Waals surface area (Å²) in [6.07, 6.45) is -6.29. The molecule has 2 rings (SSSR count). The van der Waals surface area contributed by atoms with E-state index in [2.05, 4.69) is 0 Å². The Balaban J connectivity index is 2.44. The van der Waals surface area contributed by atoms with E-state index in [4.69, 9.17) is 9.84 Å². The fourth-order valence-corrected chi connectivity index (χ4v) is 1.84. The van der Waals surface area contributed by atoms with E-state index in [0.29, 0.717) is 4.57 Å². The highest BCUT2D eigenvalue weighted by molar-refractivity contribution is 5.73. The number of carboxylic acids is 1.